The standard InChI is InChI=1S/C13H26N2/c1-11(2)8-15-7-5-6-13(15)9-14(10-13)12(3)4/h11-12H,5-10H2,1-4H3. The van der Waals surface area contributed by atoms with Crippen LogP contribution in [0, 0.1) is 5.92 Å². The lowest BCUT2D eigenvalue weighted by Crippen LogP contribution is -2.69. The van der Waals surface area contributed by atoms with Gasteiger partial charge in [-0.25, -0.2) is 0 Å². The van der Waals surface area contributed by atoms with E-state index in [0.717, 1.165) is 12.0 Å². The van der Waals surface area contributed by atoms with E-state index in [2.05, 4.69) is 37.5 Å². The Kier molecular flexibility index (Phi) is 3.09. The van der Waals surface area contributed by atoms with Gasteiger partial charge in [-0.15, -0.1) is 0 Å². The lowest BCUT2D eigenvalue weighted by Gasteiger charge is -2.55. The zero-order valence-electron chi connectivity index (χ0n) is 10.8. The molecule has 2 rings (SSSR count). The molecule has 2 heterocycles. The highest BCUT2D eigenvalue weighted by Gasteiger charge is 2.50. The van der Waals surface area contributed by atoms with Crippen molar-refractivity contribution in [2.75, 3.05) is 26.2 Å². The van der Waals surface area contributed by atoms with Crippen molar-refractivity contribution in [2.45, 2.75) is 52.1 Å². The van der Waals surface area contributed by atoms with Crippen LogP contribution in [0.5, 0.6) is 0 Å². The van der Waals surface area contributed by atoms with Gasteiger partial charge in [-0.1, -0.05) is 13.8 Å². The fourth-order valence-electron chi connectivity index (χ4n) is 3.15. The topological polar surface area (TPSA) is 6.48 Å². The number of likely N-dealkylation sites (tertiary alicyclic amines) is 2. The van der Waals surface area contributed by atoms with Gasteiger partial charge in [-0.2, -0.15) is 0 Å². The Morgan fingerprint density at radius 3 is 2.33 bits per heavy atom. The summed E-state index contributed by atoms with van der Waals surface area (Å²) < 4.78 is 0. The van der Waals surface area contributed by atoms with Crippen molar-refractivity contribution in [3.8, 4) is 0 Å². The van der Waals surface area contributed by atoms with Crippen molar-refractivity contribution in [1.29, 1.82) is 0 Å². The van der Waals surface area contributed by atoms with Crippen molar-refractivity contribution in [3.05, 3.63) is 0 Å². The van der Waals surface area contributed by atoms with E-state index in [9.17, 15) is 0 Å². The van der Waals surface area contributed by atoms with E-state index < -0.39 is 0 Å². The average molecular weight is 210 g/mol. The molecule has 0 amide bonds. The van der Waals surface area contributed by atoms with Gasteiger partial charge in [-0.3, -0.25) is 9.80 Å². The Labute approximate surface area is 94.6 Å². The van der Waals surface area contributed by atoms with Crippen LogP contribution in [0.1, 0.15) is 40.5 Å². The fraction of sp³-hybridized carbons (Fsp3) is 1.00. The Morgan fingerprint density at radius 2 is 1.80 bits per heavy atom. The van der Waals surface area contributed by atoms with Crippen molar-refractivity contribution >= 4 is 0 Å². The van der Waals surface area contributed by atoms with Gasteiger partial charge in [0.1, 0.15) is 0 Å². The number of rotatable bonds is 3. The molecule has 0 bridgehead atoms. The van der Waals surface area contributed by atoms with E-state index in [0.29, 0.717) is 5.54 Å². The molecule has 2 fully saturated rings. The zero-order chi connectivity index (χ0) is 11.1. The maximum Gasteiger partial charge on any atom is 0.0463 e. The van der Waals surface area contributed by atoms with Crippen LogP contribution in [0.3, 0.4) is 0 Å². The second kappa shape index (κ2) is 4.06. The van der Waals surface area contributed by atoms with Gasteiger partial charge in [0, 0.05) is 31.2 Å². The summed E-state index contributed by atoms with van der Waals surface area (Å²) in [5, 5.41) is 0. The summed E-state index contributed by atoms with van der Waals surface area (Å²) in [7, 11) is 0. The average Bonchev–Trinajstić information content (AvgIpc) is 2.43. The molecule has 0 unspecified atom stereocenters. The van der Waals surface area contributed by atoms with Crippen molar-refractivity contribution < 1.29 is 0 Å². The summed E-state index contributed by atoms with van der Waals surface area (Å²) in [6.07, 6.45) is 2.85. The smallest absolute Gasteiger partial charge is 0.0463 e. The molecule has 0 aromatic carbocycles. The van der Waals surface area contributed by atoms with E-state index in [1.54, 1.807) is 0 Å². The summed E-state index contributed by atoms with van der Waals surface area (Å²) in [5.74, 6) is 0.813. The summed E-state index contributed by atoms with van der Waals surface area (Å²) in [4.78, 5) is 5.37. The van der Waals surface area contributed by atoms with Crippen LogP contribution in [0.15, 0.2) is 0 Å². The monoisotopic (exact) mass is 210 g/mol. The highest BCUT2D eigenvalue weighted by molar-refractivity contribution is 5.08. The predicted molar refractivity (Wildman–Crippen MR) is 65.1 cm³/mol. The van der Waals surface area contributed by atoms with E-state index in [1.807, 2.05) is 0 Å². The molecule has 0 aliphatic carbocycles. The largest absolute Gasteiger partial charge is 0.297 e. The van der Waals surface area contributed by atoms with Gasteiger partial charge in [0.2, 0.25) is 0 Å². The molecule has 2 saturated heterocycles. The van der Waals surface area contributed by atoms with E-state index in [4.69, 9.17) is 0 Å². The molecule has 0 atom stereocenters. The van der Waals surface area contributed by atoms with Gasteiger partial charge in [-0.05, 0) is 39.2 Å². The molecule has 0 radical (unpaired) electrons. The van der Waals surface area contributed by atoms with E-state index in [-0.39, 0.29) is 0 Å². The third kappa shape index (κ3) is 2.07. The highest BCUT2D eigenvalue weighted by atomic mass is 15.4. The minimum atomic E-state index is 0.578. The first-order chi connectivity index (χ1) is 7.03. The van der Waals surface area contributed by atoms with E-state index >= 15 is 0 Å². The molecule has 88 valence electrons. The lowest BCUT2D eigenvalue weighted by molar-refractivity contribution is -0.0498. The van der Waals surface area contributed by atoms with Crippen LogP contribution < -0.4 is 0 Å². The molecule has 0 aromatic rings. The minimum absolute atomic E-state index is 0.578. The van der Waals surface area contributed by atoms with E-state index in [1.165, 1.54) is 39.0 Å². The van der Waals surface area contributed by atoms with Crippen LogP contribution in [0.25, 0.3) is 0 Å². The molecule has 2 aliphatic rings. The van der Waals surface area contributed by atoms with Gasteiger partial charge in [0.05, 0.1) is 0 Å². The molecule has 2 nitrogen and oxygen atoms in total. The molecule has 0 saturated carbocycles. The van der Waals surface area contributed by atoms with Crippen LogP contribution in [0.2, 0.25) is 0 Å². The Bertz CT molecular complexity index is 217. The van der Waals surface area contributed by atoms with Crippen LogP contribution in [0.4, 0.5) is 0 Å². The van der Waals surface area contributed by atoms with Crippen molar-refractivity contribution in [3.63, 3.8) is 0 Å². The SMILES string of the molecule is CC(C)CN1CCCC12CN(C(C)C)C2. The first-order valence-corrected chi connectivity index (χ1v) is 6.53. The Balaban J connectivity index is 1.92. The first kappa shape index (κ1) is 11.4. The molecule has 2 aliphatic heterocycles. The van der Waals surface area contributed by atoms with Gasteiger partial charge >= 0.3 is 0 Å². The normalized spacial score (nSPS) is 26.8. The van der Waals surface area contributed by atoms with Gasteiger partial charge in [0.15, 0.2) is 0 Å². The molecular weight excluding hydrogens is 184 g/mol. The predicted octanol–water partition coefficient (Wildman–Crippen LogP) is 2.20. The molecule has 15 heavy (non-hydrogen) atoms. The van der Waals surface area contributed by atoms with Crippen LogP contribution >= 0.6 is 0 Å². The van der Waals surface area contributed by atoms with Crippen molar-refractivity contribution in [2.24, 2.45) is 5.92 Å². The summed E-state index contributed by atoms with van der Waals surface area (Å²) in [5.41, 5.74) is 0.578. The number of hydrogen-bond donors (Lipinski definition) is 0. The molecule has 0 N–H and O–H groups in total. The first-order valence-electron chi connectivity index (χ1n) is 6.53. The number of hydrogen-bond acceptors (Lipinski definition) is 2. The van der Waals surface area contributed by atoms with Gasteiger partial charge < -0.3 is 0 Å². The summed E-state index contributed by atoms with van der Waals surface area (Å²) >= 11 is 0. The minimum Gasteiger partial charge on any atom is -0.297 e. The molecule has 2 heteroatoms. The third-order valence-electron chi connectivity index (χ3n) is 4.05. The molecule has 0 aromatic heterocycles. The second-order valence-electron chi connectivity index (χ2n) is 6.17. The maximum absolute atomic E-state index is 2.76. The molecular formula is C13H26N2. The third-order valence-corrected chi connectivity index (χ3v) is 4.05. The molecule has 1 spiro atoms. The second-order valence-corrected chi connectivity index (χ2v) is 6.17. The maximum atomic E-state index is 2.76. The number of nitrogens with zero attached hydrogens (tertiary/aromatic N) is 2. The van der Waals surface area contributed by atoms with Gasteiger partial charge in [0.25, 0.3) is 0 Å². The quantitative estimate of drug-likeness (QED) is 0.704. The zero-order valence-corrected chi connectivity index (χ0v) is 10.8. The Morgan fingerprint density at radius 1 is 1.13 bits per heavy atom. The van der Waals surface area contributed by atoms with Crippen molar-refractivity contribution in [1.82, 2.24) is 9.80 Å². The summed E-state index contributed by atoms with van der Waals surface area (Å²) in [6, 6.07) is 0.733. The van der Waals surface area contributed by atoms with Crippen LogP contribution in [-0.2, 0) is 0 Å². The summed E-state index contributed by atoms with van der Waals surface area (Å²) in [6.45, 7) is 14.6. The lowest BCUT2D eigenvalue weighted by atomic mass is 9.85. The highest BCUT2D eigenvalue weighted by Crippen LogP contribution is 2.38. The fourth-order valence-corrected chi connectivity index (χ4v) is 3.15. The Hall–Kier alpha value is -0.0800. The van der Waals surface area contributed by atoms with Crippen LogP contribution in [-0.4, -0.2) is 47.6 Å².